The smallest absolute Gasteiger partial charge is 0.124 e. The standard InChI is InChI=1S/C14H16FIN2/c1-2-6-18-7-5-11(10-18)9-17-14-4-3-12(15)8-13(14)16/h3-5,7-8,10,17H,2,6,9H2,1H3. The Morgan fingerprint density at radius 3 is 2.89 bits per heavy atom. The van der Waals surface area contributed by atoms with E-state index in [4.69, 9.17) is 0 Å². The number of nitrogens with one attached hydrogen (secondary N) is 1. The molecule has 2 aromatic rings. The largest absolute Gasteiger partial charge is 0.380 e. The fourth-order valence-corrected chi connectivity index (χ4v) is 2.49. The number of rotatable bonds is 5. The summed E-state index contributed by atoms with van der Waals surface area (Å²) in [5.41, 5.74) is 2.21. The van der Waals surface area contributed by atoms with Gasteiger partial charge in [0.05, 0.1) is 0 Å². The van der Waals surface area contributed by atoms with Crippen molar-refractivity contribution in [2.75, 3.05) is 5.32 Å². The highest BCUT2D eigenvalue weighted by molar-refractivity contribution is 14.1. The lowest BCUT2D eigenvalue weighted by Crippen LogP contribution is -2.00. The third-order valence-corrected chi connectivity index (χ3v) is 3.60. The van der Waals surface area contributed by atoms with Gasteiger partial charge in [0.2, 0.25) is 0 Å². The van der Waals surface area contributed by atoms with Crippen molar-refractivity contribution >= 4 is 28.3 Å². The summed E-state index contributed by atoms with van der Waals surface area (Å²) >= 11 is 2.14. The molecule has 0 radical (unpaired) electrons. The highest BCUT2D eigenvalue weighted by atomic mass is 127. The molecule has 0 atom stereocenters. The van der Waals surface area contributed by atoms with Crippen molar-refractivity contribution in [1.82, 2.24) is 4.57 Å². The van der Waals surface area contributed by atoms with Crippen LogP contribution in [0, 0.1) is 9.39 Å². The van der Waals surface area contributed by atoms with E-state index in [0.29, 0.717) is 0 Å². The number of aryl methyl sites for hydroxylation is 1. The van der Waals surface area contributed by atoms with Gasteiger partial charge >= 0.3 is 0 Å². The maximum Gasteiger partial charge on any atom is 0.124 e. The normalized spacial score (nSPS) is 10.6. The number of anilines is 1. The second kappa shape index (κ2) is 6.22. The molecule has 1 aromatic heterocycles. The van der Waals surface area contributed by atoms with E-state index >= 15 is 0 Å². The van der Waals surface area contributed by atoms with Gasteiger partial charge in [-0.05, 0) is 58.8 Å². The van der Waals surface area contributed by atoms with Crippen LogP contribution in [0.1, 0.15) is 18.9 Å². The third-order valence-electron chi connectivity index (χ3n) is 2.71. The molecule has 0 unspecified atom stereocenters. The molecular weight excluding hydrogens is 342 g/mol. The zero-order valence-electron chi connectivity index (χ0n) is 10.3. The van der Waals surface area contributed by atoms with Gasteiger partial charge in [-0.25, -0.2) is 4.39 Å². The number of aromatic nitrogens is 1. The quantitative estimate of drug-likeness (QED) is 0.791. The molecular formula is C14H16FIN2. The summed E-state index contributed by atoms with van der Waals surface area (Å²) in [5.74, 6) is -0.195. The number of hydrogen-bond acceptors (Lipinski definition) is 1. The van der Waals surface area contributed by atoms with E-state index in [0.717, 1.165) is 28.8 Å². The Balaban J connectivity index is 1.97. The molecule has 2 rings (SSSR count). The maximum absolute atomic E-state index is 13.0. The minimum atomic E-state index is -0.195. The fourth-order valence-electron chi connectivity index (χ4n) is 1.82. The Bertz CT molecular complexity index is 522. The topological polar surface area (TPSA) is 17.0 Å². The van der Waals surface area contributed by atoms with E-state index in [2.05, 4.69) is 57.9 Å². The van der Waals surface area contributed by atoms with Crippen LogP contribution in [-0.2, 0) is 13.1 Å². The van der Waals surface area contributed by atoms with Gasteiger partial charge in [0.1, 0.15) is 5.82 Å². The molecule has 0 bridgehead atoms. The van der Waals surface area contributed by atoms with Crippen molar-refractivity contribution in [3.8, 4) is 0 Å². The highest BCUT2D eigenvalue weighted by Crippen LogP contribution is 2.19. The zero-order valence-corrected chi connectivity index (χ0v) is 12.4. The summed E-state index contributed by atoms with van der Waals surface area (Å²) in [6.07, 6.45) is 5.38. The first kappa shape index (κ1) is 13.4. The summed E-state index contributed by atoms with van der Waals surface area (Å²) in [6, 6.07) is 6.90. The second-order valence-electron chi connectivity index (χ2n) is 4.24. The van der Waals surface area contributed by atoms with Crippen molar-refractivity contribution in [2.45, 2.75) is 26.4 Å². The van der Waals surface area contributed by atoms with E-state index in [1.54, 1.807) is 6.07 Å². The number of hydrogen-bond donors (Lipinski definition) is 1. The molecule has 4 heteroatoms. The lowest BCUT2D eigenvalue weighted by molar-refractivity contribution is 0.627. The SMILES string of the molecule is CCCn1ccc(CNc2ccc(F)cc2I)c1. The minimum absolute atomic E-state index is 0.195. The summed E-state index contributed by atoms with van der Waals surface area (Å²) in [6.45, 7) is 3.98. The number of halogens is 2. The van der Waals surface area contributed by atoms with Crippen molar-refractivity contribution < 1.29 is 4.39 Å². The highest BCUT2D eigenvalue weighted by Gasteiger charge is 2.02. The minimum Gasteiger partial charge on any atom is -0.380 e. The Kier molecular flexibility index (Phi) is 4.63. The van der Waals surface area contributed by atoms with Gasteiger partial charge in [0, 0.05) is 34.7 Å². The lowest BCUT2D eigenvalue weighted by atomic mass is 10.3. The van der Waals surface area contributed by atoms with Gasteiger partial charge in [-0.15, -0.1) is 0 Å². The molecule has 96 valence electrons. The van der Waals surface area contributed by atoms with Crippen LogP contribution in [0.25, 0.3) is 0 Å². The van der Waals surface area contributed by atoms with Crippen LogP contribution in [0.4, 0.5) is 10.1 Å². The maximum atomic E-state index is 13.0. The molecule has 18 heavy (non-hydrogen) atoms. The van der Waals surface area contributed by atoms with Gasteiger partial charge in [-0.2, -0.15) is 0 Å². The first-order valence-electron chi connectivity index (χ1n) is 6.02. The zero-order chi connectivity index (χ0) is 13.0. The molecule has 0 amide bonds. The molecule has 1 aromatic carbocycles. The first-order chi connectivity index (χ1) is 8.69. The molecule has 0 aliphatic heterocycles. The van der Waals surface area contributed by atoms with Crippen molar-refractivity contribution in [1.29, 1.82) is 0 Å². The average molecular weight is 358 g/mol. The van der Waals surface area contributed by atoms with Crippen LogP contribution in [0.3, 0.4) is 0 Å². The molecule has 1 N–H and O–H groups in total. The van der Waals surface area contributed by atoms with Crippen LogP contribution in [0.2, 0.25) is 0 Å². The molecule has 0 aliphatic carbocycles. The Labute approximate surface area is 120 Å². The molecule has 0 aliphatic rings. The van der Waals surface area contributed by atoms with Crippen LogP contribution >= 0.6 is 22.6 Å². The lowest BCUT2D eigenvalue weighted by Gasteiger charge is -2.07. The van der Waals surface area contributed by atoms with Gasteiger partial charge < -0.3 is 9.88 Å². The number of nitrogens with zero attached hydrogens (tertiary/aromatic N) is 1. The van der Waals surface area contributed by atoms with E-state index in [1.807, 2.05) is 0 Å². The van der Waals surface area contributed by atoms with Crippen molar-refractivity contribution in [2.24, 2.45) is 0 Å². The van der Waals surface area contributed by atoms with E-state index in [9.17, 15) is 4.39 Å². The monoisotopic (exact) mass is 358 g/mol. The summed E-state index contributed by atoms with van der Waals surface area (Å²) in [5, 5.41) is 3.32. The van der Waals surface area contributed by atoms with Crippen LogP contribution in [-0.4, -0.2) is 4.57 Å². The summed E-state index contributed by atoms with van der Waals surface area (Å²) in [7, 11) is 0. The van der Waals surface area contributed by atoms with Crippen LogP contribution < -0.4 is 5.32 Å². The van der Waals surface area contributed by atoms with E-state index in [1.165, 1.54) is 17.7 Å². The second-order valence-corrected chi connectivity index (χ2v) is 5.40. The first-order valence-corrected chi connectivity index (χ1v) is 7.10. The molecule has 2 nitrogen and oxygen atoms in total. The van der Waals surface area contributed by atoms with Crippen molar-refractivity contribution in [3.05, 3.63) is 51.6 Å². The summed E-state index contributed by atoms with van der Waals surface area (Å²) < 4.78 is 16.1. The van der Waals surface area contributed by atoms with Gasteiger partial charge in [-0.3, -0.25) is 0 Å². The Hall–Kier alpha value is -1.04. The molecule has 0 saturated heterocycles. The van der Waals surface area contributed by atoms with Gasteiger partial charge in [0.25, 0.3) is 0 Å². The predicted octanol–water partition coefficient (Wildman–Crippen LogP) is 4.25. The predicted molar refractivity (Wildman–Crippen MR) is 81.2 cm³/mol. The summed E-state index contributed by atoms with van der Waals surface area (Å²) in [4.78, 5) is 0. The van der Waals surface area contributed by atoms with Crippen LogP contribution in [0.5, 0.6) is 0 Å². The molecule has 0 fully saturated rings. The molecule has 0 spiro atoms. The Morgan fingerprint density at radius 2 is 2.17 bits per heavy atom. The van der Waals surface area contributed by atoms with Crippen LogP contribution in [0.15, 0.2) is 36.7 Å². The van der Waals surface area contributed by atoms with Gasteiger partial charge in [0.15, 0.2) is 0 Å². The fraction of sp³-hybridized carbons (Fsp3) is 0.286. The van der Waals surface area contributed by atoms with E-state index in [-0.39, 0.29) is 5.82 Å². The third kappa shape index (κ3) is 3.48. The Morgan fingerprint density at radius 1 is 1.33 bits per heavy atom. The van der Waals surface area contributed by atoms with Crippen molar-refractivity contribution in [3.63, 3.8) is 0 Å². The molecule has 1 heterocycles. The van der Waals surface area contributed by atoms with Gasteiger partial charge in [-0.1, -0.05) is 6.92 Å². The number of benzene rings is 1. The average Bonchev–Trinajstić information content (AvgIpc) is 2.76. The van der Waals surface area contributed by atoms with E-state index < -0.39 is 0 Å². The molecule has 0 saturated carbocycles.